The van der Waals surface area contributed by atoms with E-state index in [1.165, 1.54) is 32.1 Å². The molecule has 0 radical (unpaired) electrons. The number of rotatable bonds is 34. The minimum absolute atomic E-state index is 0.0428. The van der Waals surface area contributed by atoms with Gasteiger partial charge in [-0.3, -0.25) is 9.36 Å². The fraction of sp³-hybridized carbons (Fsp3) is 0.651. The number of likely N-dealkylation sites (N-methyl/N-ethyl adjacent to an activating group) is 1. The van der Waals surface area contributed by atoms with Gasteiger partial charge in [-0.15, -0.1) is 0 Å². The summed E-state index contributed by atoms with van der Waals surface area (Å²) in [5, 5.41) is 23.9. The number of hydrogen-bond acceptors (Lipinski definition) is 7. The molecule has 0 aliphatic rings. The van der Waals surface area contributed by atoms with Gasteiger partial charge in [-0.25, -0.2) is 0 Å². The lowest BCUT2D eigenvalue weighted by molar-refractivity contribution is -0.870. The molecule has 304 valence electrons. The van der Waals surface area contributed by atoms with Crippen molar-refractivity contribution in [2.24, 2.45) is 0 Å². The van der Waals surface area contributed by atoms with Crippen LogP contribution in [0, 0.1) is 0 Å². The van der Waals surface area contributed by atoms with Gasteiger partial charge in [0.05, 0.1) is 46.0 Å². The summed E-state index contributed by atoms with van der Waals surface area (Å²) in [4.78, 5) is 25.2. The molecule has 0 rings (SSSR count). The molecule has 1 amide bonds. The number of carbonyl (C=O) groups excluding carboxylic acids is 1. The van der Waals surface area contributed by atoms with E-state index in [0.717, 1.165) is 57.8 Å². The highest BCUT2D eigenvalue weighted by molar-refractivity contribution is 7.45. The smallest absolute Gasteiger partial charge is 0.268 e. The Morgan fingerprint density at radius 1 is 0.736 bits per heavy atom. The lowest BCUT2D eigenvalue weighted by Crippen LogP contribution is -2.45. The van der Waals surface area contributed by atoms with E-state index in [2.05, 4.69) is 67.8 Å². The zero-order valence-corrected chi connectivity index (χ0v) is 34.7. The first-order valence-corrected chi connectivity index (χ1v) is 21.5. The van der Waals surface area contributed by atoms with Crippen LogP contribution in [0.25, 0.3) is 0 Å². The van der Waals surface area contributed by atoms with Gasteiger partial charge in [-0.05, 0) is 70.6 Å². The highest BCUT2D eigenvalue weighted by Gasteiger charge is 2.23. The molecule has 0 aliphatic carbocycles. The second-order valence-corrected chi connectivity index (χ2v) is 15.9. The van der Waals surface area contributed by atoms with Gasteiger partial charge in [0.15, 0.2) is 0 Å². The first-order chi connectivity index (χ1) is 25.4. The maximum atomic E-state index is 12.8. The van der Waals surface area contributed by atoms with Gasteiger partial charge in [0.25, 0.3) is 7.82 Å². The molecule has 0 aromatic carbocycles. The van der Waals surface area contributed by atoms with E-state index in [-0.39, 0.29) is 18.9 Å². The SMILES string of the molecule is CC/C=C\C/C=C\C/C=C\C/C=C\C=C\C(O)CCCC(=O)N[C@@H](COP(=O)([O-])OCC[N+](C)(C)C)[C@H](O)/C=C/CCCCCCCC/C=C\CCC. The fourth-order valence-corrected chi connectivity index (χ4v) is 5.67. The monoisotopic (exact) mass is 763 g/mol. The quantitative estimate of drug-likeness (QED) is 0.0196. The molecule has 0 aromatic heterocycles. The van der Waals surface area contributed by atoms with Gasteiger partial charge < -0.3 is 34.0 Å². The second kappa shape index (κ2) is 34.2. The molecule has 9 nitrogen and oxygen atoms in total. The topological polar surface area (TPSA) is 128 Å². The normalized spacial score (nSPS) is 16.0. The molecular weight excluding hydrogens is 687 g/mol. The highest BCUT2D eigenvalue weighted by Crippen LogP contribution is 2.38. The predicted octanol–water partition coefficient (Wildman–Crippen LogP) is 8.97. The molecular formula is C43H75N2O7P. The van der Waals surface area contributed by atoms with Crippen molar-refractivity contribution in [3.05, 3.63) is 85.1 Å². The van der Waals surface area contributed by atoms with Crippen LogP contribution >= 0.6 is 7.82 Å². The number of phosphoric acid groups is 1. The van der Waals surface area contributed by atoms with Crippen molar-refractivity contribution in [1.82, 2.24) is 5.32 Å². The van der Waals surface area contributed by atoms with E-state index in [1.54, 1.807) is 18.2 Å². The Morgan fingerprint density at radius 2 is 1.32 bits per heavy atom. The number of carbonyl (C=O) groups is 1. The Labute approximate surface area is 323 Å². The van der Waals surface area contributed by atoms with E-state index in [4.69, 9.17) is 9.05 Å². The third-order valence-corrected chi connectivity index (χ3v) is 9.13. The second-order valence-electron chi connectivity index (χ2n) is 14.4. The number of aliphatic hydroxyl groups excluding tert-OH is 2. The number of quaternary nitrogens is 1. The van der Waals surface area contributed by atoms with E-state index in [0.29, 0.717) is 23.9 Å². The van der Waals surface area contributed by atoms with E-state index >= 15 is 0 Å². The summed E-state index contributed by atoms with van der Waals surface area (Å²) in [6.45, 7) is 4.27. The van der Waals surface area contributed by atoms with Gasteiger partial charge in [0, 0.05) is 6.42 Å². The maximum absolute atomic E-state index is 12.8. The molecule has 0 fully saturated rings. The number of nitrogens with one attached hydrogen (secondary N) is 1. The van der Waals surface area contributed by atoms with E-state index in [1.807, 2.05) is 39.4 Å². The van der Waals surface area contributed by atoms with Gasteiger partial charge in [-0.2, -0.15) is 0 Å². The van der Waals surface area contributed by atoms with Gasteiger partial charge in [-0.1, -0.05) is 131 Å². The summed E-state index contributed by atoms with van der Waals surface area (Å²) in [7, 11) is 1.12. The van der Waals surface area contributed by atoms with Crippen LogP contribution in [0.5, 0.6) is 0 Å². The van der Waals surface area contributed by atoms with Crippen LogP contribution in [-0.2, 0) is 18.4 Å². The molecule has 0 aliphatic heterocycles. The van der Waals surface area contributed by atoms with Crippen LogP contribution in [0.2, 0.25) is 0 Å². The number of amides is 1. The molecule has 53 heavy (non-hydrogen) atoms. The number of hydrogen-bond donors (Lipinski definition) is 3. The number of nitrogens with zero attached hydrogens (tertiary/aromatic N) is 1. The van der Waals surface area contributed by atoms with Crippen molar-refractivity contribution in [2.75, 3.05) is 40.9 Å². The largest absolute Gasteiger partial charge is 0.756 e. The average molecular weight is 763 g/mol. The van der Waals surface area contributed by atoms with Crippen molar-refractivity contribution in [1.29, 1.82) is 0 Å². The molecule has 4 atom stereocenters. The first-order valence-electron chi connectivity index (χ1n) is 20.1. The van der Waals surface area contributed by atoms with Crippen LogP contribution < -0.4 is 10.2 Å². The standard InChI is InChI=1S/C43H75N2O7P/c1-6-8-10-12-14-16-18-20-22-24-26-28-30-33-40(46)34-32-36-43(48)44-41(39-52-53(49,50)51-38-37-45(3,4)5)42(47)35-31-29-27-25-23-21-19-17-15-13-11-9-7-2/h8,10-11,13-14,16,20,22,26,28,30-31,33,35,40-42,46-47H,6-7,9,12,15,17-19,21,23-25,27,29,32,34,36-39H2,1-5H3,(H-,44,48,49,50)/b10-8-,13-11-,16-14-,22-20-,28-26-,33-30+,35-31+/t40?,41-,42+/m0/s1. The van der Waals surface area contributed by atoms with Crippen LogP contribution in [0.4, 0.5) is 0 Å². The number of unbranched alkanes of at least 4 members (excludes halogenated alkanes) is 8. The van der Waals surface area contributed by atoms with Gasteiger partial charge in [0.2, 0.25) is 5.91 Å². The van der Waals surface area contributed by atoms with Crippen LogP contribution in [0.1, 0.15) is 123 Å². The lowest BCUT2D eigenvalue weighted by atomic mass is 10.1. The van der Waals surface area contributed by atoms with Crippen molar-refractivity contribution in [3.63, 3.8) is 0 Å². The molecule has 0 heterocycles. The van der Waals surface area contributed by atoms with Crippen LogP contribution in [0.15, 0.2) is 85.1 Å². The Morgan fingerprint density at radius 3 is 1.94 bits per heavy atom. The van der Waals surface area contributed by atoms with Crippen molar-refractivity contribution in [3.8, 4) is 0 Å². The van der Waals surface area contributed by atoms with Crippen LogP contribution in [-0.4, -0.2) is 79.8 Å². The summed E-state index contributed by atoms with van der Waals surface area (Å²) in [5.74, 6) is -0.367. The van der Waals surface area contributed by atoms with Crippen molar-refractivity contribution in [2.45, 2.75) is 141 Å². The molecule has 0 spiro atoms. The highest BCUT2D eigenvalue weighted by atomic mass is 31.2. The summed E-state index contributed by atoms with van der Waals surface area (Å²) in [6, 6.07) is -0.989. The Balaban J connectivity index is 4.76. The van der Waals surface area contributed by atoms with Gasteiger partial charge in [0.1, 0.15) is 13.2 Å². The minimum atomic E-state index is -4.64. The summed E-state index contributed by atoms with van der Waals surface area (Å²) < 4.78 is 23.0. The molecule has 0 aromatic rings. The summed E-state index contributed by atoms with van der Waals surface area (Å²) in [6.07, 6.45) is 42.3. The average Bonchev–Trinajstić information content (AvgIpc) is 3.09. The third kappa shape index (κ3) is 36.4. The van der Waals surface area contributed by atoms with Crippen molar-refractivity contribution >= 4 is 13.7 Å². The number of aliphatic hydroxyl groups is 2. The molecule has 2 unspecified atom stereocenters. The van der Waals surface area contributed by atoms with Crippen molar-refractivity contribution < 1.29 is 38.0 Å². The van der Waals surface area contributed by atoms with E-state index in [9.17, 15) is 24.5 Å². The Hall–Kier alpha value is -2.36. The Kier molecular flexibility index (Phi) is 32.6. The lowest BCUT2D eigenvalue weighted by Gasteiger charge is -2.29. The molecule has 0 bridgehead atoms. The zero-order chi connectivity index (χ0) is 39.5. The van der Waals surface area contributed by atoms with Gasteiger partial charge >= 0.3 is 0 Å². The Bertz CT molecular complexity index is 1150. The number of phosphoric ester groups is 1. The summed E-state index contributed by atoms with van der Waals surface area (Å²) >= 11 is 0. The first kappa shape index (κ1) is 50.6. The third-order valence-electron chi connectivity index (χ3n) is 8.17. The molecule has 3 N–H and O–H groups in total. The molecule has 0 saturated heterocycles. The maximum Gasteiger partial charge on any atom is 0.268 e. The fourth-order valence-electron chi connectivity index (χ4n) is 4.94. The number of allylic oxidation sites excluding steroid dienone is 12. The molecule has 10 heteroatoms. The summed E-state index contributed by atoms with van der Waals surface area (Å²) in [5.41, 5.74) is 0. The van der Waals surface area contributed by atoms with E-state index < -0.39 is 32.7 Å². The predicted molar refractivity (Wildman–Crippen MR) is 220 cm³/mol. The molecule has 0 saturated carbocycles. The van der Waals surface area contributed by atoms with Crippen LogP contribution in [0.3, 0.4) is 0 Å². The zero-order valence-electron chi connectivity index (χ0n) is 33.8. The minimum Gasteiger partial charge on any atom is -0.756 e.